The van der Waals surface area contributed by atoms with Crippen LogP contribution >= 0.6 is 11.3 Å². The van der Waals surface area contributed by atoms with E-state index in [-0.39, 0.29) is 30.7 Å². The lowest BCUT2D eigenvalue weighted by atomic mass is 10.0. The molecule has 2 N–H and O–H groups in total. The van der Waals surface area contributed by atoms with Crippen molar-refractivity contribution in [3.63, 3.8) is 0 Å². The minimum atomic E-state index is -0.338. The second-order valence-electron chi connectivity index (χ2n) is 8.96. The molecule has 7 heteroatoms. The minimum absolute atomic E-state index is 0.0381. The van der Waals surface area contributed by atoms with Gasteiger partial charge in [0.1, 0.15) is 0 Å². The van der Waals surface area contributed by atoms with Gasteiger partial charge in [0.15, 0.2) is 0 Å². The number of rotatable bonds is 6. The van der Waals surface area contributed by atoms with Crippen LogP contribution in [0, 0.1) is 6.92 Å². The van der Waals surface area contributed by atoms with Crippen LogP contribution in [-0.2, 0) is 29.0 Å². The van der Waals surface area contributed by atoms with Crippen LogP contribution < -0.4 is 10.6 Å². The van der Waals surface area contributed by atoms with Crippen LogP contribution in [0.5, 0.6) is 0 Å². The zero-order valence-corrected chi connectivity index (χ0v) is 20.9. The minimum Gasteiger partial charge on any atom is -0.347 e. The molecule has 4 aromatic rings. The van der Waals surface area contributed by atoms with Gasteiger partial charge in [0.05, 0.1) is 13.0 Å². The number of carbonyl (C=O) groups is 3. The van der Waals surface area contributed by atoms with Crippen LogP contribution in [0.15, 0.2) is 72.1 Å². The zero-order valence-electron chi connectivity index (χ0n) is 20.0. The van der Waals surface area contributed by atoms with Crippen LogP contribution in [0.3, 0.4) is 0 Å². The topological polar surface area (TPSA) is 78.5 Å². The largest absolute Gasteiger partial charge is 0.347 e. The highest BCUT2D eigenvalue weighted by Crippen LogP contribution is 2.27. The number of carbonyl (C=O) groups excluding carboxylic acids is 3. The van der Waals surface area contributed by atoms with Crippen molar-refractivity contribution in [2.45, 2.75) is 26.3 Å². The number of thiophene rings is 1. The maximum absolute atomic E-state index is 13.2. The van der Waals surface area contributed by atoms with E-state index in [0.29, 0.717) is 29.9 Å². The molecule has 0 radical (unpaired) electrons. The molecule has 6 nitrogen and oxygen atoms in total. The molecule has 1 aromatic heterocycles. The van der Waals surface area contributed by atoms with Crippen LogP contribution in [0.2, 0.25) is 0 Å². The summed E-state index contributed by atoms with van der Waals surface area (Å²) < 4.78 is 0. The van der Waals surface area contributed by atoms with E-state index in [2.05, 4.69) is 22.1 Å². The van der Waals surface area contributed by atoms with E-state index >= 15 is 0 Å². The maximum atomic E-state index is 13.2. The summed E-state index contributed by atoms with van der Waals surface area (Å²) >= 11 is 1.74. The van der Waals surface area contributed by atoms with Crippen molar-refractivity contribution in [2.24, 2.45) is 0 Å². The molecule has 2 heterocycles. The van der Waals surface area contributed by atoms with Crippen molar-refractivity contribution in [1.82, 2.24) is 10.2 Å². The molecule has 0 bridgehead atoms. The predicted molar refractivity (Wildman–Crippen MR) is 143 cm³/mol. The molecule has 0 unspecified atom stereocenters. The average Bonchev–Trinajstić information content (AvgIpc) is 3.37. The monoisotopic (exact) mass is 497 g/mol. The first-order valence-corrected chi connectivity index (χ1v) is 12.8. The Kier molecular flexibility index (Phi) is 6.82. The van der Waals surface area contributed by atoms with Gasteiger partial charge in [-0.15, -0.1) is 11.3 Å². The standard InChI is InChI=1S/C29H27N3O3S/c1-19-23(29(35)32-14-12-26-22(18-32)13-15-36-26)10-5-11-25(19)31-28(34)17-30-27(33)16-21-8-4-7-20-6-2-3-9-24(20)21/h2-11,13,15H,12,14,16-18H2,1H3,(H,30,33)(H,31,34). The molecular formula is C29H27N3O3S. The third-order valence-corrected chi connectivity index (χ3v) is 7.63. The van der Waals surface area contributed by atoms with Crippen molar-refractivity contribution in [3.8, 4) is 0 Å². The molecule has 0 saturated heterocycles. The third-order valence-electron chi connectivity index (χ3n) is 6.61. The Morgan fingerprint density at radius 3 is 2.64 bits per heavy atom. The van der Waals surface area contributed by atoms with Crippen LogP contribution in [0.4, 0.5) is 5.69 Å². The first-order chi connectivity index (χ1) is 17.5. The van der Waals surface area contributed by atoms with E-state index in [4.69, 9.17) is 0 Å². The summed E-state index contributed by atoms with van der Waals surface area (Å²) in [7, 11) is 0. The van der Waals surface area contributed by atoms with E-state index in [9.17, 15) is 14.4 Å². The number of hydrogen-bond donors (Lipinski definition) is 2. The Hall–Kier alpha value is -3.97. The Morgan fingerprint density at radius 1 is 0.944 bits per heavy atom. The van der Waals surface area contributed by atoms with Crippen molar-refractivity contribution in [3.05, 3.63) is 99.2 Å². The van der Waals surface area contributed by atoms with Crippen LogP contribution in [-0.4, -0.2) is 35.7 Å². The summed E-state index contributed by atoms with van der Waals surface area (Å²) in [4.78, 5) is 41.6. The normalized spacial score (nSPS) is 12.8. The molecular weight excluding hydrogens is 470 g/mol. The Morgan fingerprint density at radius 2 is 1.75 bits per heavy atom. The summed E-state index contributed by atoms with van der Waals surface area (Å²) in [6, 6.07) is 21.2. The molecule has 36 heavy (non-hydrogen) atoms. The highest BCUT2D eigenvalue weighted by molar-refractivity contribution is 7.10. The fourth-order valence-electron chi connectivity index (χ4n) is 4.65. The predicted octanol–water partition coefficient (Wildman–Crippen LogP) is 4.71. The van der Waals surface area contributed by atoms with Gasteiger partial charge in [-0.25, -0.2) is 0 Å². The highest BCUT2D eigenvalue weighted by atomic mass is 32.1. The third kappa shape index (κ3) is 5.02. The quantitative estimate of drug-likeness (QED) is 0.405. The number of nitrogens with one attached hydrogen (secondary N) is 2. The lowest BCUT2D eigenvalue weighted by molar-refractivity contribution is -0.123. The number of hydrogen-bond acceptors (Lipinski definition) is 4. The van der Waals surface area contributed by atoms with E-state index in [0.717, 1.165) is 22.8 Å². The van der Waals surface area contributed by atoms with Crippen LogP contribution in [0.25, 0.3) is 10.8 Å². The number of anilines is 1. The van der Waals surface area contributed by atoms with Crippen molar-refractivity contribution in [2.75, 3.05) is 18.4 Å². The molecule has 0 spiro atoms. The Bertz CT molecular complexity index is 1450. The molecule has 5 rings (SSSR count). The van der Waals surface area contributed by atoms with E-state index in [1.54, 1.807) is 29.5 Å². The van der Waals surface area contributed by atoms with Crippen molar-refractivity contribution < 1.29 is 14.4 Å². The number of amides is 3. The van der Waals surface area contributed by atoms with Gasteiger partial charge in [0.2, 0.25) is 11.8 Å². The van der Waals surface area contributed by atoms with E-state index < -0.39 is 0 Å². The molecule has 0 saturated carbocycles. The fourth-order valence-corrected chi connectivity index (χ4v) is 5.54. The van der Waals surface area contributed by atoms with E-state index in [1.807, 2.05) is 54.3 Å². The summed E-state index contributed by atoms with van der Waals surface area (Å²) in [6.45, 7) is 2.98. The summed E-state index contributed by atoms with van der Waals surface area (Å²) in [5.74, 6) is -0.598. The lowest BCUT2D eigenvalue weighted by Crippen LogP contribution is -2.36. The maximum Gasteiger partial charge on any atom is 0.254 e. The average molecular weight is 498 g/mol. The molecule has 3 amide bonds. The smallest absolute Gasteiger partial charge is 0.254 e. The lowest BCUT2D eigenvalue weighted by Gasteiger charge is -2.28. The molecule has 182 valence electrons. The molecule has 1 aliphatic rings. The zero-order chi connectivity index (χ0) is 25.1. The summed E-state index contributed by atoms with van der Waals surface area (Å²) in [5, 5.41) is 9.73. The van der Waals surface area contributed by atoms with Gasteiger partial charge in [0, 0.05) is 29.2 Å². The van der Waals surface area contributed by atoms with Gasteiger partial charge >= 0.3 is 0 Å². The van der Waals surface area contributed by atoms with Crippen LogP contribution in [0.1, 0.15) is 31.9 Å². The Labute approximate surface area is 213 Å². The first kappa shape index (κ1) is 23.8. The Balaban J connectivity index is 1.19. The van der Waals surface area contributed by atoms with Gasteiger partial charge in [-0.05, 0) is 64.4 Å². The number of fused-ring (bicyclic) bond motifs is 2. The van der Waals surface area contributed by atoms with E-state index in [1.165, 1.54) is 10.4 Å². The van der Waals surface area contributed by atoms with Gasteiger partial charge < -0.3 is 15.5 Å². The molecule has 0 aliphatic carbocycles. The first-order valence-electron chi connectivity index (χ1n) is 12.0. The second-order valence-corrected chi connectivity index (χ2v) is 9.96. The molecule has 0 atom stereocenters. The highest BCUT2D eigenvalue weighted by Gasteiger charge is 2.24. The fraction of sp³-hybridized carbons (Fsp3) is 0.207. The van der Waals surface area contributed by atoms with Gasteiger partial charge in [-0.3, -0.25) is 14.4 Å². The molecule has 1 aliphatic heterocycles. The SMILES string of the molecule is Cc1c(NC(=O)CNC(=O)Cc2cccc3ccccc23)cccc1C(=O)N1CCc2sccc2C1. The van der Waals surface area contributed by atoms with Gasteiger partial charge in [-0.1, -0.05) is 48.5 Å². The number of nitrogens with zero attached hydrogens (tertiary/aromatic N) is 1. The molecule has 0 fully saturated rings. The number of benzene rings is 3. The summed E-state index contributed by atoms with van der Waals surface area (Å²) in [5.41, 5.74) is 3.99. The summed E-state index contributed by atoms with van der Waals surface area (Å²) in [6.07, 6.45) is 1.06. The van der Waals surface area contributed by atoms with Crippen molar-refractivity contribution in [1.29, 1.82) is 0 Å². The van der Waals surface area contributed by atoms with Gasteiger partial charge in [-0.2, -0.15) is 0 Å². The second kappa shape index (κ2) is 10.3. The van der Waals surface area contributed by atoms with Crippen molar-refractivity contribution >= 4 is 45.5 Å². The molecule has 3 aromatic carbocycles. The van der Waals surface area contributed by atoms with Gasteiger partial charge in [0.25, 0.3) is 5.91 Å².